The van der Waals surface area contributed by atoms with Gasteiger partial charge in [0.2, 0.25) is 0 Å². The molecule has 0 radical (unpaired) electrons. The summed E-state index contributed by atoms with van der Waals surface area (Å²) >= 11 is 1.71. The van der Waals surface area contributed by atoms with E-state index in [9.17, 15) is 0 Å². The zero-order chi connectivity index (χ0) is 18.9. The van der Waals surface area contributed by atoms with Crippen LogP contribution >= 0.6 is 11.3 Å². The molecular formula is C21H16N6S. The summed E-state index contributed by atoms with van der Waals surface area (Å²) in [7, 11) is 0. The number of para-hydroxylation sites is 1. The number of benzene rings is 2. The molecule has 0 spiro atoms. The van der Waals surface area contributed by atoms with Gasteiger partial charge in [0.05, 0.1) is 11.2 Å². The molecule has 0 aliphatic rings. The minimum Gasteiger partial charge on any atom is -0.340 e. The van der Waals surface area contributed by atoms with Crippen molar-refractivity contribution < 1.29 is 0 Å². The van der Waals surface area contributed by atoms with E-state index < -0.39 is 0 Å². The zero-order valence-corrected chi connectivity index (χ0v) is 15.9. The van der Waals surface area contributed by atoms with Gasteiger partial charge in [-0.1, -0.05) is 24.3 Å². The number of hydrogen-bond donors (Lipinski definition) is 1. The highest BCUT2D eigenvalue weighted by Crippen LogP contribution is 2.33. The fourth-order valence-corrected chi connectivity index (χ4v) is 3.90. The Morgan fingerprint density at radius 3 is 2.71 bits per heavy atom. The highest BCUT2D eigenvalue weighted by atomic mass is 32.1. The first-order valence-corrected chi connectivity index (χ1v) is 9.69. The van der Waals surface area contributed by atoms with Crippen LogP contribution in [0.4, 0.5) is 11.5 Å². The number of anilines is 2. The Hall–Kier alpha value is -3.58. The average Bonchev–Trinajstić information content (AvgIpc) is 3.40. The quantitative estimate of drug-likeness (QED) is 0.473. The van der Waals surface area contributed by atoms with Gasteiger partial charge in [-0.05, 0) is 42.6 Å². The molecule has 2 aromatic carbocycles. The van der Waals surface area contributed by atoms with Crippen LogP contribution in [0.25, 0.3) is 27.0 Å². The Morgan fingerprint density at radius 1 is 0.964 bits per heavy atom. The van der Waals surface area contributed by atoms with E-state index in [1.165, 1.54) is 4.88 Å². The predicted octanol–water partition coefficient (Wildman–Crippen LogP) is 4.99. The third kappa shape index (κ3) is 3.01. The second kappa shape index (κ2) is 6.86. The van der Waals surface area contributed by atoms with E-state index >= 15 is 0 Å². The van der Waals surface area contributed by atoms with Crippen molar-refractivity contribution in [1.82, 2.24) is 24.7 Å². The van der Waals surface area contributed by atoms with Gasteiger partial charge in [0, 0.05) is 21.5 Å². The van der Waals surface area contributed by atoms with E-state index in [-0.39, 0.29) is 0 Å². The fraction of sp³-hybridized carbons (Fsp3) is 0.0476. The van der Waals surface area contributed by atoms with E-state index in [1.54, 1.807) is 28.7 Å². The number of fused-ring (bicyclic) bond motifs is 1. The largest absolute Gasteiger partial charge is 0.340 e. The smallest absolute Gasteiger partial charge is 0.147 e. The summed E-state index contributed by atoms with van der Waals surface area (Å²) in [5, 5.41) is 10.9. The van der Waals surface area contributed by atoms with E-state index in [4.69, 9.17) is 0 Å². The summed E-state index contributed by atoms with van der Waals surface area (Å²) in [5.41, 5.74) is 3.91. The second-order valence-corrected chi connectivity index (χ2v) is 7.26. The first-order chi connectivity index (χ1) is 13.8. The molecule has 0 bridgehead atoms. The minimum atomic E-state index is 0.737. The van der Waals surface area contributed by atoms with Gasteiger partial charge in [-0.3, -0.25) is 0 Å². The zero-order valence-electron chi connectivity index (χ0n) is 15.1. The first kappa shape index (κ1) is 16.6. The monoisotopic (exact) mass is 384 g/mol. The summed E-state index contributed by atoms with van der Waals surface area (Å²) in [4.78, 5) is 14.4. The molecule has 0 amide bonds. The molecule has 28 heavy (non-hydrogen) atoms. The molecule has 1 N–H and O–H groups in total. The van der Waals surface area contributed by atoms with Crippen molar-refractivity contribution in [3.63, 3.8) is 0 Å². The van der Waals surface area contributed by atoms with Crippen molar-refractivity contribution in [3.05, 3.63) is 78.5 Å². The molecule has 0 aliphatic carbocycles. The summed E-state index contributed by atoms with van der Waals surface area (Å²) in [6.07, 6.45) is 3.31. The van der Waals surface area contributed by atoms with E-state index in [0.29, 0.717) is 0 Å². The van der Waals surface area contributed by atoms with E-state index in [0.717, 1.165) is 39.5 Å². The number of hydrogen-bond acceptors (Lipinski definition) is 6. The lowest BCUT2D eigenvalue weighted by Gasteiger charge is -2.11. The normalized spacial score (nSPS) is 11.0. The lowest BCUT2D eigenvalue weighted by Crippen LogP contribution is -1.99. The molecule has 0 unspecified atom stereocenters. The van der Waals surface area contributed by atoms with E-state index in [1.807, 2.05) is 43.3 Å². The van der Waals surface area contributed by atoms with Gasteiger partial charge < -0.3 is 5.32 Å². The van der Waals surface area contributed by atoms with Crippen LogP contribution < -0.4 is 5.32 Å². The minimum absolute atomic E-state index is 0.737. The molecular weight excluding hydrogens is 368 g/mol. The van der Waals surface area contributed by atoms with Gasteiger partial charge in [0.15, 0.2) is 0 Å². The molecule has 0 fully saturated rings. The Balaban J connectivity index is 1.55. The summed E-state index contributed by atoms with van der Waals surface area (Å²) in [6, 6.07) is 18.3. The van der Waals surface area contributed by atoms with Gasteiger partial charge in [0.1, 0.15) is 24.3 Å². The molecule has 136 valence electrons. The number of rotatable bonds is 4. The molecule has 5 rings (SSSR count). The summed E-state index contributed by atoms with van der Waals surface area (Å²) < 4.78 is 1.76. The Morgan fingerprint density at radius 2 is 1.89 bits per heavy atom. The van der Waals surface area contributed by atoms with Gasteiger partial charge >= 0.3 is 0 Å². The number of aromatic nitrogens is 5. The lowest BCUT2D eigenvalue weighted by molar-refractivity contribution is 0.863. The molecule has 7 heteroatoms. The SMILES string of the molecule is Cc1ncn(-c2cccc(Nc3ncnc4c(-c5cccs5)cccc34)c2)n1. The molecule has 0 aliphatic heterocycles. The van der Waals surface area contributed by atoms with Crippen molar-refractivity contribution >= 4 is 33.7 Å². The van der Waals surface area contributed by atoms with Crippen molar-refractivity contribution in [2.75, 3.05) is 5.32 Å². The maximum Gasteiger partial charge on any atom is 0.147 e. The van der Waals surface area contributed by atoms with E-state index in [2.05, 4.69) is 48.9 Å². The highest BCUT2D eigenvalue weighted by molar-refractivity contribution is 7.13. The van der Waals surface area contributed by atoms with Crippen LogP contribution in [0.5, 0.6) is 0 Å². The van der Waals surface area contributed by atoms with Gasteiger partial charge in [-0.25, -0.2) is 19.6 Å². The third-order valence-electron chi connectivity index (χ3n) is 4.43. The number of aryl methyl sites for hydroxylation is 1. The Kier molecular flexibility index (Phi) is 4.06. The van der Waals surface area contributed by atoms with Crippen LogP contribution in [0.1, 0.15) is 5.82 Å². The van der Waals surface area contributed by atoms with Crippen molar-refractivity contribution in [3.8, 4) is 16.1 Å². The topological polar surface area (TPSA) is 68.5 Å². The molecule has 5 aromatic rings. The van der Waals surface area contributed by atoms with Crippen molar-refractivity contribution in [1.29, 1.82) is 0 Å². The Bertz CT molecular complexity index is 1260. The molecule has 0 atom stereocenters. The van der Waals surface area contributed by atoms with Crippen LogP contribution in [0.15, 0.2) is 72.6 Å². The second-order valence-electron chi connectivity index (χ2n) is 6.31. The molecule has 3 heterocycles. The van der Waals surface area contributed by atoms with Crippen molar-refractivity contribution in [2.24, 2.45) is 0 Å². The van der Waals surface area contributed by atoms with Crippen molar-refractivity contribution in [2.45, 2.75) is 6.92 Å². The number of thiophene rings is 1. The molecule has 0 saturated carbocycles. The summed E-state index contributed by atoms with van der Waals surface area (Å²) in [5.74, 6) is 1.51. The maximum atomic E-state index is 4.54. The van der Waals surface area contributed by atoms with Crippen LogP contribution in [-0.4, -0.2) is 24.7 Å². The van der Waals surface area contributed by atoms with Crippen LogP contribution in [0.3, 0.4) is 0 Å². The molecule has 0 saturated heterocycles. The van der Waals surface area contributed by atoms with Crippen LogP contribution in [0.2, 0.25) is 0 Å². The van der Waals surface area contributed by atoms with Crippen LogP contribution in [-0.2, 0) is 0 Å². The van der Waals surface area contributed by atoms with Gasteiger partial charge in [-0.2, -0.15) is 5.10 Å². The average molecular weight is 384 g/mol. The fourth-order valence-electron chi connectivity index (χ4n) is 3.15. The summed E-state index contributed by atoms with van der Waals surface area (Å²) in [6.45, 7) is 1.87. The van der Waals surface area contributed by atoms with Gasteiger partial charge in [0.25, 0.3) is 0 Å². The van der Waals surface area contributed by atoms with Gasteiger partial charge in [-0.15, -0.1) is 11.3 Å². The third-order valence-corrected chi connectivity index (χ3v) is 5.33. The molecule has 6 nitrogen and oxygen atoms in total. The molecule has 3 aromatic heterocycles. The van der Waals surface area contributed by atoms with Crippen LogP contribution in [0, 0.1) is 6.92 Å². The predicted molar refractivity (Wildman–Crippen MR) is 112 cm³/mol. The standard InChI is InChI=1S/C21H16N6S/c1-14-24-13-27(26-14)16-6-2-5-15(11-16)25-21-18-8-3-7-17(19-9-4-10-28-19)20(18)22-12-23-21/h2-13H,1H3,(H,22,23,25). The first-order valence-electron chi connectivity index (χ1n) is 8.81. The highest BCUT2D eigenvalue weighted by Gasteiger charge is 2.10. The Labute approximate surface area is 165 Å². The number of nitrogens with one attached hydrogen (secondary N) is 1. The number of nitrogens with zero attached hydrogens (tertiary/aromatic N) is 5. The maximum absolute atomic E-state index is 4.54. The lowest BCUT2D eigenvalue weighted by atomic mass is 10.1.